The van der Waals surface area contributed by atoms with E-state index in [1.54, 1.807) is 12.1 Å². The molecule has 35 heavy (non-hydrogen) atoms. The average Bonchev–Trinajstić information content (AvgIpc) is 3.30. The van der Waals surface area contributed by atoms with Crippen molar-refractivity contribution < 1.29 is 9.59 Å². The van der Waals surface area contributed by atoms with Crippen molar-refractivity contribution >= 4 is 17.5 Å². The number of anilines is 1. The fraction of sp³-hybridized carbons (Fsp3) is 0.483. The van der Waals surface area contributed by atoms with Crippen LogP contribution in [0.1, 0.15) is 78.4 Å². The van der Waals surface area contributed by atoms with Crippen LogP contribution in [0.15, 0.2) is 42.5 Å². The number of benzene rings is 2. The van der Waals surface area contributed by atoms with Gasteiger partial charge in [0.1, 0.15) is 0 Å². The van der Waals surface area contributed by atoms with E-state index in [9.17, 15) is 9.59 Å². The van der Waals surface area contributed by atoms with Crippen molar-refractivity contribution in [1.82, 2.24) is 10.2 Å². The van der Waals surface area contributed by atoms with Gasteiger partial charge < -0.3 is 15.5 Å². The molecule has 2 aromatic carbocycles. The molecule has 0 spiro atoms. The number of hydrogen-bond donors (Lipinski definition) is 2. The normalized spacial score (nSPS) is 18.2. The van der Waals surface area contributed by atoms with E-state index in [-0.39, 0.29) is 11.8 Å². The van der Waals surface area contributed by atoms with E-state index in [2.05, 4.69) is 40.8 Å². The lowest BCUT2D eigenvalue weighted by Crippen LogP contribution is -2.34. The lowest BCUT2D eigenvalue weighted by Gasteiger charge is -2.21. The quantitative estimate of drug-likeness (QED) is 0.530. The van der Waals surface area contributed by atoms with Crippen LogP contribution in [0.5, 0.6) is 0 Å². The first-order chi connectivity index (χ1) is 16.9. The van der Waals surface area contributed by atoms with Crippen LogP contribution >= 0.6 is 0 Å². The molecule has 1 saturated carbocycles. The summed E-state index contributed by atoms with van der Waals surface area (Å²) in [5.74, 6) is 1.26. The summed E-state index contributed by atoms with van der Waals surface area (Å²) < 4.78 is 0. The largest absolute Gasteiger partial charge is 0.338 e. The molecule has 2 amide bonds. The first kappa shape index (κ1) is 26.4. The molecule has 6 nitrogen and oxygen atoms in total. The molecule has 2 aliphatic rings. The number of nitrogens with one attached hydrogen (secondary N) is 2. The van der Waals surface area contributed by atoms with Gasteiger partial charge in [-0.2, -0.15) is 5.26 Å². The molecule has 1 unspecified atom stereocenters. The zero-order valence-corrected chi connectivity index (χ0v) is 21.3. The highest BCUT2D eigenvalue weighted by atomic mass is 16.2. The van der Waals surface area contributed by atoms with E-state index in [1.807, 2.05) is 25.1 Å². The number of hydrogen-bond acceptors (Lipinski definition) is 4. The zero-order valence-electron chi connectivity index (χ0n) is 21.3. The van der Waals surface area contributed by atoms with Crippen LogP contribution < -0.4 is 10.6 Å². The standard InChI is InChI=1S/C16H23N3O2.C13H15N/c1-11-4-5-14(12(2)20)8-15(11)18-16(21)17-9-13-6-7-19(3)10-13;14-10-11-6-8-13(9-7-11)12-4-2-1-3-5-12/h4-5,8,13H,6-7,9-10H2,1-3H3,(H2,17,18,21);6-9,12H,1-5H2. The molecule has 1 saturated heterocycles. The summed E-state index contributed by atoms with van der Waals surface area (Å²) in [6, 6.07) is 15.4. The minimum absolute atomic E-state index is 0.00699. The van der Waals surface area contributed by atoms with Gasteiger partial charge >= 0.3 is 6.03 Å². The summed E-state index contributed by atoms with van der Waals surface area (Å²) in [6.45, 7) is 6.23. The summed E-state index contributed by atoms with van der Waals surface area (Å²) in [4.78, 5) is 25.6. The van der Waals surface area contributed by atoms with E-state index in [4.69, 9.17) is 5.26 Å². The van der Waals surface area contributed by atoms with Gasteiger partial charge in [0.25, 0.3) is 0 Å². The Balaban J connectivity index is 0.000000211. The molecule has 1 heterocycles. The maximum absolute atomic E-state index is 12.0. The number of ketones is 1. The molecular formula is C29H38N4O2. The van der Waals surface area contributed by atoms with E-state index in [1.165, 1.54) is 44.6 Å². The second kappa shape index (κ2) is 13.1. The Bertz CT molecular complexity index is 1040. The highest BCUT2D eigenvalue weighted by Crippen LogP contribution is 2.32. The number of urea groups is 1. The van der Waals surface area contributed by atoms with Gasteiger partial charge in [0.15, 0.2) is 5.78 Å². The topological polar surface area (TPSA) is 85.2 Å². The molecule has 1 atom stereocenters. The molecule has 0 bridgehead atoms. The Morgan fingerprint density at radius 2 is 1.77 bits per heavy atom. The highest BCUT2D eigenvalue weighted by Gasteiger charge is 2.20. The smallest absolute Gasteiger partial charge is 0.319 e. The van der Waals surface area contributed by atoms with Gasteiger partial charge in [-0.3, -0.25) is 4.79 Å². The van der Waals surface area contributed by atoms with Crippen LogP contribution in [0.2, 0.25) is 0 Å². The summed E-state index contributed by atoms with van der Waals surface area (Å²) in [7, 11) is 2.09. The predicted molar refractivity (Wildman–Crippen MR) is 141 cm³/mol. The van der Waals surface area contributed by atoms with Crippen molar-refractivity contribution in [2.24, 2.45) is 5.92 Å². The summed E-state index contributed by atoms with van der Waals surface area (Å²) in [6.07, 6.45) is 7.90. The van der Waals surface area contributed by atoms with Gasteiger partial charge in [0.2, 0.25) is 0 Å². The first-order valence-electron chi connectivity index (χ1n) is 12.7. The van der Waals surface area contributed by atoms with Crippen molar-refractivity contribution in [3.05, 3.63) is 64.7 Å². The molecule has 0 aromatic heterocycles. The van der Waals surface area contributed by atoms with Gasteiger partial charge in [0, 0.05) is 24.3 Å². The monoisotopic (exact) mass is 474 g/mol. The van der Waals surface area contributed by atoms with Crippen LogP contribution in [0.25, 0.3) is 0 Å². The van der Waals surface area contributed by atoms with Crippen molar-refractivity contribution in [1.29, 1.82) is 5.26 Å². The first-order valence-corrected chi connectivity index (χ1v) is 12.7. The lowest BCUT2D eigenvalue weighted by molar-refractivity contribution is 0.101. The Labute approximate surface area is 209 Å². The van der Waals surface area contributed by atoms with Crippen LogP contribution in [-0.2, 0) is 0 Å². The minimum atomic E-state index is -0.214. The van der Waals surface area contributed by atoms with Gasteiger partial charge in [-0.1, -0.05) is 43.5 Å². The molecule has 4 rings (SSSR count). The summed E-state index contributed by atoms with van der Waals surface area (Å²) >= 11 is 0. The number of carbonyl (C=O) groups is 2. The van der Waals surface area contributed by atoms with Crippen LogP contribution in [0, 0.1) is 24.2 Å². The number of nitriles is 1. The fourth-order valence-corrected chi connectivity index (χ4v) is 4.84. The van der Waals surface area contributed by atoms with Gasteiger partial charge in [-0.25, -0.2) is 4.79 Å². The molecular weight excluding hydrogens is 436 g/mol. The lowest BCUT2D eigenvalue weighted by atomic mass is 9.84. The number of Topliss-reactive ketones (excluding diaryl/α,β-unsaturated/α-hetero) is 1. The van der Waals surface area contributed by atoms with Crippen LogP contribution in [0.3, 0.4) is 0 Å². The van der Waals surface area contributed by atoms with Crippen molar-refractivity contribution in [2.45, 2.75) is 58.3 Å². The summed E-state index contributed by atoms with van der Waals surface area (Å²) in [5.41, 5.74) is 4.42. The highest BCUT2D eigenvalue weighted by molar-refractivity contribution is 5.97. The number of rotatable bonds is 5. The Morgan fingerprint density at radius 3 is 2.37 bits per heavy atom. The zero-order chi connectivity index (χ0) is 25.2. The third kappa shape index (κ3) is 8.22. The Hall–Kier alpha value is -3.17. The maximum atomic E-state index is 12.0. The van der Waals surface area contributed by atoms with Crippen molar-refractivity contribution in [3.63, 3.8) is 0 Å². The SMILES string of the molecule is CC(=O)c1ccc(C)c(NC(=O)NCC2CCN(C)C2)c1.N#Cc1ccc(C2CCCCC2)cc1. The molecule has 6 heteroatoms. The molecule has 1 aliphatic carbocycles. The average molecular weight is 475 g/mol. The van der Waals surface area contributed by atoms with E-state index in [0.717, 1.165) is 36.6 Å². The molecule has 0 radical (unpaired) electrons. The van der Waals surface area contributed by atoms with Gasteiger partial charge in [-0.05, 0) is 87.9 Å². The van der Waals surface area contributed by atoms with Crippen LogP contribution in [-0.4, -0.2) is 43.4 Å². The number of aryl methyl sites for hydroxylation is 1. The molecule has 186 valence electrons. The molecule has 2 N–H and O–H groups in total. The maximum Gasteiger partial charge on any atom is 0.319 e. The van der Waals surface area contributed by atoms with E-state index < -0.39 is 0 Å². The number of amides is 2. The van der Waals surface area contributed by atoms with Crippen LogP contribution in [0.4, 0.5) is 10.5 Å². The van der Waals surface area contributed by atoms with Gasteiger partial charge in [0.05, 0.1) is 11.6 Å². The Kier molecular flexibility index (Phi) is 9.86. The molecule has 1 aliphatic heterocycles. The second-order valence-electron chi connectivity index (χ2n) is 9.91. The predicted octanol–water partition coefficient (Wildman–Crippen LogP) is 5.88. The van der Waals surface area contributed by atoms with E-state index in [0.29, 0.717) is 23.7 Å². The molecule has 2 aromatic rings. The molecule has 2 fully saturated rings. The van der Waals surface area contributed by atoms with Gasteiger partial charge in [-0.15, -0.1) is 0 Å². The minimum Gasteiger partial charge on any atom is -0.338 e. The second-order valence-corrected chi connectivity index (χ2v) is 9.91. The van der Waals surface area contributed by atoms with Crippen molar-refractivity contribution in [2.75, 3.05) is 32.0 Å². The number of likely N-dealkylation sites (tertiary alicyclic amines) is 1. The number of nitrogens with zero attached hydrogens (tertiary/aromatic N) is 2. The third-order valence-corrected chi connectivity index (χ3v) is 7.05. The third-order valence-electron chi connectivity index (χ3n) is 7.05. The van der Waals surface area contributed by atoms with E-state index >= 15 is 0 Å². The van der Waals surface area contributed by atoms with Crippen molar-refractivity contribution in [3.8, 4) is 6.07 Å². The summed E-state index contributed by atoms with van der Waals surface area (Å²) in [5, 5.41) is 14.4. The Morgan fingerprint density at radius 1 is 1.06 bits per heavy atom. The fourth-order valence-electron chi connectivity index (χ4n) is 4.84. The number of carbonyl (C=O) groups excluding carboxylic acids is 2.